The van der Waals surface area contributed by atoms with Crippen molar-refractivity contribution in [3.05, 3.63) is 24.3 Å². The summed E-state index contributed by atoms with van der Waals surface area (Å²) in [6, 6.07) is 7.26. The monoisotopic (exact) mass is 292 g/mol. The third-order valence-electron chi connectivity index (χ3n) is 3.05. The molecule has 1 aromatic rings. The van der Waals surface area contributed by atoms with Crippen molar-refractivity contribution in [2.45, 2.75) is 13.3 Å². The fraction of sp³-hybridized carbons (Fsp3) is 0.467. The second-order valence-electron chi connectivity index (χ2n) is 4.75. The quantitative estimate of drug-likeness (QED) is 0.842. The van der Waals surface area contributed by atoms with Gasteiger partial charge in [0, 0.05) is 13.1 Å². The predicted molar refractivity (Wildman–Crippen MR) is 77.3 cm³/mol. The zero-order valence-electron chi connectivity index (χ0n) is 12.1. The number of nitrogens with zero attached hydrogens (tertiary/aromatic N) is 1. The highest BCUT2D eigenvalue weighted by atomic mass is 16.5. The van der Waals surface area contributed by atoms with Crippen LogP contribution >= 0.6 is 0 Å². The summed E-state index contributed by atoms with van der Waals surface area (Å²) in [6.07, 6.45) is 0.899. The van der Waals surface area contributed by atoms with E-state index in [0.717, 1.165) is 6.42 Å². The van der Waals surface area contributed by atoms with E-state index in [-0.39, 0.29) is 25.0 Å². The van der Waals surface area contributed by atoms with Crippen molar-refractivity contribution in [3.8, 4) is 11.5 Å². The zero-order valence-corrected chi connectivity index (χ0v) is 12.1. The normalized spacial score (nSPS) is 14.5. The first-order valence-corrected chi connectivity index (χ1v) is 7.10. The lowest BCUT2D eigenvalue weighted by molar-refractivity contribution is -0.139. The van der Waals surface area contributed by atoms with Gasteiger partial charge in [-0.05, 0) is 18.6 Å². The Morgan fingerprint density at radius 2 is 2.00 bits per heavy atom. The molecule has 1 heterocycles. The topological polar surface area (TPSA) is 67.9 Å². The first-order valence-electron chi connectivity index (χ1n) is 7.10. The smallest absolute Gasteiger partial charge is 0.261 e. The fourth-order valence-electron chi connectivity index (χ4n) is 1.98. The molecule has 1 fully saturated rings. The molecule has 6 heteroatoms. The minimum Gasteiger partial charge on any atom is -0.490 e. The van der Waals surface area contributed by atoms with Crippen molar-refractivity contribution in [3.63, 3.8) is 0 Å². The van der Waals surface area contributed by atoms with Crippen LogP contribution in [0, 0.1) is 0 Å². The van der Waals surface area contributed by atoms with Gasteiger partial charge >= 0.3 is 0 Å². The number of carbonyl (C=O) groups excluding carboxylic acids is 2. The third kappa shape index (κ3) is 4.37. The van der Waals surface area contributed by atoms with E-state index in [0.29, 0.717) is 31.2 Å². The van der Waals surface area contributed by atoms with E-state index in [1.54, 1.807) is 6.07 Å². The van der Waals surface area contributed by atoms with Crippen molar-refractivity contribution < 1.29 is 19.1 Å². The van der Waals surface area contributed by atoms with Crippen molar-refractivity contribution in [1.29, 1.82) is 0 Å². The number of benzene rings is 1. The molecular weight excluding hydrogens is 272 g/mol. The fourth-order valence-corrected chi connectivity index (χ4v) is 1.98. The molecule has 1 saturated heterocycles. The van der Waals surface area contributed by atoms with Crippen LogP contribution in [0.3, 0.4) is 0 Å². The van der Waals surface area contributed by atoms with Crippen LogP contribution in [0.5, 0.6) is 11.5 Å². The molecule has 2 rings (SSSR count). The molecule has 0 aromatic heterocycles. The Hall–Kier alpha value is -2.24. The summed E-state index contributed by atoms with van der Waals surface area (Å²) in [4.78, 5) is 24.8. The number of para-hydroxylation sites is 2. The van der Waals surface area contributed by atoms with Gasteiger partial charge in [-0.2, -0.15) is 0 Å². The summed E-state index contributed by atoms with van der Waals surface area (Å²) in [6.45, 7) is 3.62. The summed E-state index contributed by atoms with van der Waals surface area (Å²) in [7, 11) is 0. The molecule has 0 saturated carbocycles. The minimum absolute atomic E-state index is 0.0934. The van der Waals surface area contributed by atoms with Crippen molar-refractivity contribution in [1.82, 2.24) is 10.2 Å². The number of ether oxygens (including phenoxy) is 2. The SMILES string of the molecule is CCCOc1ccccc1OCC(=O)N1CCNC(=O)C1. The van der Waals surface area contributed by atoms with E-state index in [2.05, 4.69) is 5.32 Å². The van der Waals surface area contributed by atoms with E-state index < -0.39 is 0 Å². The average Bonchev–Trinajstić information content (AvgIpc) is 2.51. The second kappa shape index (κ2) is 7.52. The lowest BCUT2D eigenvalue weighted by Crippen LogP contribution is -2.51. The molecule has 6 nitrogen and oxygen atoms in total. The number of piperazine rings is 1. The molecule has 21 heavy (non-hydrogen) atoms. The number of amides is 2. The summed E-state index contributed by atoms with van der Waals surface area (Å²) >= 11 is 0. The van der Waals surface area contributed by atoms with E-state index in [1.165, 1.54) is 4.90 Å². The minimum atomic E-state index is -0.199. The molecule has 0 bridgehead atoms. The van der Waals surface area contributed by atoms with Crippen LogP contribution in [-0.4, -0.2) is 49.6 Å². The van der Waals surface area contributed by atoms with Crippen LogP contribution in [0.25, 0.3) is 0 Å². The van der Waals surface area contributed by atoms with Crippen LogP contribution in [0.1, 0.15) is 13.3 Å². The van der Waals surface area contributed by atoms with Crippen molar-refractivity contribution >= 4 is 11.8 Å². The van der Waals surface area contributed by atoms with Crippen LogP contribution in [-0.2, 0) is 9.59 Å². The lowest BCUT2D eigenvalue weighted by atomic mass is 10.3. The zero-order chi connectivity index (χ0) is 15.1. The van der Waals surface area contributed by atoms with Gasteiger partial charge in [0.05, 0.1) is 13.2 Å². The number of nitrogens with one attached hydrogen (secondary N) is 1. The Morgan fingerprint density at radius 1 is 1.29 bits per heavy atom. The van der Waals surface area contributed by atoms with Gasteiger partial charge in [0.25, 0.3) is 5.91 Å². The second-order valence-corrected chi connectivity index (χ2v) is 4.75. The first kappa shape index (κ1) is 15.2. The molecule has 0 atom stereocenters. The summed E-state index contributed by atoms with van der Waals surface area (Å²) in [5, 5.41) is 2.68. The van der Waals surface area contributed by atoms with Gasteiger partial charge in [0.2, 0.25) is 5.91 Å². The summed E-state index contributed by atoms with van der Waals surface area (Å²) < 4.78 is 11.1. The molecule has 0 spiro atoms. The van der Waals surface area contributed by atoms with Gasteiger partial charge in [-0.1, -0.05) is 19.1 Å². The molecule has 0 radical (unpaired) electrons. The van der Waals surface area contributed by atoms with Crippen molar-refractivity contribution in [2.24, 2.45) is 0 Å². The number of hydrogen-bond acceptors (Lipinski definition) is 4. The highest BCUT2D eigenvalue weighted by Crippen LogP contribution is 2.26. The van der Waals surface area contributed by atoms with E-state index in [1.807, 2.05) is 25.1 Å². The van der Waals surface area contributed by atoms with Gasteiger partial charge in [-0.25, -0.2) is 0 Å². The largest absolute Gasteiger partial charge is 0.490 e. The van der Waals surface area contributed by atoms with E-state index >= 15 is 0 Å². The number of rotatable bonds is 6. The lowest BCUT2D eigenvalue weighted by Gasteiger charge is -2.26. The molecule has 1 aromatic carbocycles. The Labute approximate surface area is 124 Å². The Kier molecular flexibility index (Phi) is 5.43. The summed E-state index contributed by atoms with van der Waals surface area (Å²) in [5.74, 6) is 0.834. The van der Waals surface area contributed by atoms with E-state index in [9.17, 15) is 9.59 Å². The molecule has 0 aliphatic carbocycles. The van der Waals surface area contributed by atoms with Crippen LogP contribution in [0.4, 0.5) is 0 Å². The summed E-state index contributed by atoms with van der Waals surface area (Å²) in [5.41, 5.74) is 0. The van der Waals surface area contributed by atoms with Crippen LogP contribution < -0.4 is 14.8 Å². The molecule has 114 valence electrons. The van der Waals surface area contributed by atoms with Gasteiger partial charge in [-0.15, -0.1) is 0 Å². The van der Waals surface area contributed by atoms with Crippen molar-refractivity contribution in [2.75, 3.05) is 32.8 Å². The number of carbonyl (C=O) groups is 2. The average molecular weight is 292 g/mol. The van der Waals surface area contributed by atoms with Gasteiger partial charge < -0.3 is 19.7 Å². The maximum atomic E-state index is 12.0. The molecule has 1 aliphatic rings. The molecular formula is C15H20N2O4. The third-order valence-corrected chi connectivity index (χ3v) is 3.05. The standard InChI is InChI=1S/C15H20N2O4/c1-2-9-20-12-5-3-4-6-13(12)21-11-15(19)17-8-7-16-14(18)10-17/h3-6H,2,7-11H2,1H3,(H,16,18). The maximum Gasteiger partial charge on any atom is 0.261 e. The predicted octanol–water partition coefficient (Wildman–Crippen LogP) is 0.813. The molecule has 1 N–H and O–H groups in total. The first-order chi connectivity index (χ1) is 10.2. The van der Waals surface area contributed by atoms with Crippen LogP contribution in [0.15, 0.2) is 24.3 Å². The van der Waals surface area contributed by atoms with Crippen LogP contribution in [0.2, 0.25) is 0 Å². The molecule has 2 amide bonds. The van der Waals surface area contributed by atoms with Gasteiger partial charge in [-0.3, -0.25) is 9.59 Å². The van der Waals surface area contributed by atoms with E-state index in [4.69, 9.17) is 9.47 Å². The van der Waals surface area contributed by atoms with Gasteiger partial charge in [0.15, 0.2) is 18.1 Å². The Morgan fingerprint density at radius 3 is 2.67 bits per heavy atom. The number of hydrogen-bond donors (Lipinski definition) is 1. The maximum absolute atomic E-state index is 12.0. The highest BCUT2D eigenvalue weighted by molar-refractivity contribution is 5.86. The van der Waals surface area contributed by atoms with Gasteiger partial charge in [0.1, 0.15) is 0 Å². The Balaban J connectivity index is 1.90. The highest BCUT2D eigenvalue weighted by Gasteiger charge is 2.21. The molecule has 0 unspecified atom stereocenters. The molecule has 1 aliphatic heterocycles. The Bertz CT molecular complexity index is 504.